The van der Waals surface area contributed by atoms with Gasteiger partial charge in [-0.2, -0.15) is 0 Å². The van der Waals surface area contributed by atoms with Crippen molar-refractivity contribution in [2.24, 2.45) is 5.41 Å². The third kappa shape index (κ3) is 4.73. The van der Waals surface area contributed by atoms with E-state index in [1.54, 1.807) is 0 Å². The molecule has 2 heteroatoms. The van der Waals surface area contributed by atoms with Crippen LogP contribution in [0.5, 0.6) is 0 Å². The van der Waals surface area contributed by atoms with Gasteiger partial charge in [0.05, 0.1) is 12.2 Å². The van der Waals surface area contributed by atoms with E-state index in [1.165, 1.54) is 36.0 Å². The van der Waals surface area contributed by atoms with Crippen LogP contribution >= 0.6 is 0 Å². The van der Waals surface area contributed by atoms with E-state index in [2.05, 4.69) is 58.0 Å². The average molecular weight is 377 g/mol. The monoisotopic (exact) mass is 376 g/mol. The van der Waals surface area contributed by atoms with Gasteiger partial charge < -0.3 is 4.74 Å². The zero-order valence-corrected chi connectivity index (χ0v) is 17.7. The Bertz CT molecular complexity index is 915. The van der Waals surface area contributed by atoms with Gasteiger partial charge in [-0.1, -0.05) is 63.1 Å². The normalized spacial score (nSPS) is 16.7. The molecule has 0 heterocycles. The first-order chi connectivity index (χ1) is 13.4. The summed E-state index contributed by atoms with van der Waals surface area (Å²) < 4.78 is 5.32. The minimum Gasteiger partial charge on any atom is -0.462 e. The Balaban J connectivity index is 1.79. The fourth-order valence-electron chi connectivity index (χ4n) is 4.08. The molecule has 0 saturated carbocycles. The molecule has 148 valence electrons. The fourth-order valence-corrected chi connectivity index (χ4v) is 4.08. The van der Waals surface area contributed by atoms with Crippen LogP contribution in [-0.4, -0.2) is 12.6 Å². The van der Waals surface area contributed by atoms with Crippen LogP contribution in [0.1, 0.15) is 75.7 Å². The predicted molar refractivity (Wildman–Crippen MR) is 119 cm³/mol. The summed E-state index contributed by atoms with van der Waals surface area (Å²) in [6, 6.07) is 12.2. The maximum absolute atomic E-state index is 12.2. The highest BCUT2D eigenvalue weighted by Gasteiger charge is 2.26. The van der Waals surface area contributed by atoms with Crippen molar-refractivity contribution in [2.45, 2.75) is 59.8 Å². The lowest BCUT2D eigenvalue weighted by Crippen LogP contribution is -2.18. The molecule has 0 aliphatic heterocycles. The van der Waals surface area contributed by atoms with E-state index in [9.17, 15) is 4.79 Å². The van der Waals surface area contributed by atoms with Crippen molar-refractivity contribution in [3.05, 3.63) is 64.7 Å². The Morgan fingerprint density at radius 1 is 1.11 bits per heavy atom. The molecule has 2 aromatic rings. The van der Waals surface area contributed by atoms with Gasteiger partial charge in [-0.25, -0.2) is 4.79 Å². The number of fused-ring (bicyclic) bond motifs is 1. The summed E-state index contributed by atoms with van der Waals surface area (Å²) in [4.78, 5) is 12.2. The van der Waals surface area contributed by atoms with Crippen LogP contribution in [0.4, 0.5) is 0 Å². The molecule has 2 aromatic carbocycles. The summed E-state index contributed by atoms with van der Waals surface area (Å²) >= 11 is 0. The van der Waals surface area contributed by atoms with Gasteiger partial charge in [0.2, 0.25) is 0 Å². The third-order valence-electron chi connectivity index (χ3n) is 5.82. The molecule has 1 aliphatic carbocycles. The molecule has 0 radical (unpaired) electrons. The lowest BCUT2D eigenvalue weighted by atomic mass is 9.72. The van der Waals surface area contributed by atoms with E-state index in [1.807, 2.05) is 18.2 Å². The van der Waals surface area contributed by atoms with Gasteiger partial charge in [0.1, 0.15) is 0 Å². The molecule has 0 atom stereocenters. The molecule has 0 N–H and O–H groups in total. The molecule has 0 aromatic heterocycles. The third-order valence-corrected chi connectivity index (χ3v) is 5.82. The Morgan fingerprint density at radius 2 is 1.86 bits per heavy atom. The minimum absolute atomic E-state index is 0.235. The number of carbonyl (C=O) groups excluding carboxylic acids is 1. The van der Waals surface area contributed by atoms with Gasteiger partial charge in [-0.15, -0.1) is 0 Å². The summed E-state index contributed by atoms with van der Waals surface area (Å²) in [5, 5.41) is 2.20. The summed E-state index contributed by atoms with van der Waals surface area (Å²) in [6.45, 7) is 9.53. The summed E-state index contributed by atoms with van der Waals surface area (Å²) in [6.07, 6.45) is 10.2. The molecular weight excluding hydrogens is 344 g/mol. The van der Waals surface area contributed by atoms with Crippen molar-refractivity contribution in [1.82, 2.24) is 0 Å². The molecule has 0 saturated heterocycles. The van der Waals surface area contributed by atoms with E-state index < -0.39 is 0 Å². The average Bonchev–Trinajstić information content (AvgIpc) is 2.66. The summed E-state index contributed by atoms with van der Waals surface area (Å²) in [5.41, 5.74) is 5.05. The van der Waals surface area contributed by atoms with Gasteiger partial charge in [0, 0.05) is 0 Å². The number of carbonyl (C=O) groups is 1. The van der Waals surface area contributed by atoms with Crippen LogP contribution in [0.25, 0.3) is 16.8 Å². The number of allylic oxidation sites excluding steroid dienone is 3. The van der Waals surface area contributed by atoms with Crippen LogP contribution < -0.4 is 0 Å². The molecular formula is C26H32O2. The maximum Gasteiger partial charge on any atom is 0.338 e. The highest BCUT2D eigenvalue weighted by Crippen LogP contribution is 2.41. The fraction of sp³-hybridized carbons (Fsp3) is 0.423. The Morgan fingerprint density at radius 3 is 2.61 bits per heavy atom. The van der Waals surface area contributed by atoms with Crippen molar-refractivity contribution in [3.63, 3.8) is 0 Å². The first kappa shape index (κ1) is 20.4. The number of rotatable bonds is 6. The molecule has 3 rings (SSSR count). The Hall–Kier alpha value is -2.35. The molecule has 2 nitrogen and oxygen atoms in total. The predicted octanol–water partition coefficient (Wildman–Crippen LogP) is 7.34. The van der Waals surface area contributed by atoms with Crippen LogP contribution in [0.15, 0.2) is 53.6 Å². The van der Waals surface area contributed by atoms with E-state index >= 15 is 0 Å². The molecule has 28 heavy (non-hydrogen) atoms. The van der Waals surface area contributed by atoms with Crippen molar-refractivity contribution in [3.8, 4) is 0 Å². The summed E-state index contributed by atoms with van der Waals surface area (Å²) in [5.74, 6) is -0.235. The van der Waals surface area contributed by atoms with Crippen molar-refractivity contribution in [1.29, 1.82) is 0 Å². The number of hydrogen-bond acceptors (Lipinski definition) is 2. The second-order valence-electron chi connectivity index (χ2n) is 8.58. The second kappa shape index (κ2) is 8.77. The highest BCUT2D eigenvalue weighted by atomic mass is 16.5. The number of benzene rings is 2. The lowest BCUT2D eigenvalue weighted by molar-refractivity contribution is 0.0500. The van der Waals surface area contributed by atoms with Gasteiger partial charge in [0.15, 0.2) is 0 Å². The largest absolute Gasteiger partial charge is 0.462 e. The van der Waals surface area contributed by atoms with E-state index in [-0.39, 0.29) is 11.4 Å². The van der Waals surface area contributed by atoms with Gasteiger partial charge in [-0.3, -0.25) is 0 Å². The number of hydrogen-bond donors (Lipinski definition) is 0. The second-order valence-corrected chi connectivity index (χ2v) is 8.58. The number of esters is 1. The van der Waals surface area contributed by atoms with E-state index in [0.29, 0.717) is 12.2 Å². The Labute approximate surface area is 169 Å². The Kier molecular flexibility index (Phi) is 6.39. The van der Waals surface area contributed by atoms with E-state index in [0.717, 1.165) is 23.6 Å². The SMILES string of the molecule is CCCCOC(=O)c1ccc2cc(C=CC3=C(C)CCCC3(C)C)ccc2c1. The highest BCUT2D eigenvalue weighted by molar-refractivity contribution is 5.96. The molecule has 0 amide bonds. The first-order valence-corrected chi connectivity index (χ1v) is 10.5. The number of ether oxygens (including phenoxy) is 1. The van der Waals surface area contributed by atoms with Crippen LogP contribution in [0, 0.1) is 5.41 Å². The van der Waals surface area contributed by atoms with Crippen LogP contribution in [0.3, 0.4) is 0 Å². The molecule has 0 unspecified atom stereocenters. The standard InChI is InChI=1S/C26H32O2/c1-5-6-16-28-25(27)23-13-12-21-17-20(9-11-22(21)18-23)10-14-24-19(2)8-7-15-26(24,3)4/h9-14,17-18H,5-8,15-16H2,1-4H3. The van der Waals surface area contributed by atoms with E-state index in [4.69, 9.17) is 4.74 Å². The first-order valence-electron chi connectivity index (χ1n) is 10.5. The quantitative estimate of drug-likeness (QED) is 0.389. The van der Waals surface area contributed by atoms with Crippen molar-refractivity contribution in [2.75, 3.05) is 6.61 Å². The van der Waals surface area contributed by atoms with Gasteiger partial charge in [0.25, 0.3) is 0 Å². The maximum atomic E-state index is 12.2. The van der Waals surface area contributed by atoms with Crippen LogP contribution in [0.2, 0.25) is 0 Å². The van der Waals surface area contributed by atoms with Crippen LogP contribution in [-0.2, 0) is 4.74 Å². The lowest BCUT2D eigenvalue weighted by Gasteiger charge is -2.32. The molecule has 0 fully saturated rings. The van der Waals surface area contributed by atoms with Crippen molar-refractivity contribution < 1.29 is 9.53 Å². The minimum atomic E-state index is -0.235. The van der Waals surface area contributed by atoms with Gasteiger partial charge >= 0.3 is 5.97 Å². The molecule has 0 bridgehead atoms. The number of unbranched alkanes of at least 4 members (excludes halogenated alkanes) is 1. The smallest absolute Gasteiger partial charge is 0.338 e. The van der Waals surface area contributed by atoms with Crippen molar-refractivity contribution >= 4 is 22.8 Å². The van der Waals surface area contributed by atoms with Gasteiger partial charge in [-0.05, 0) is 78.1 Å². The zero-order chi connectivity index (χ0) is 20.1. The summed E-state index contributed by atoms with van der Waals surface area (Å²) in [7, 11) is 0. The zero-order valence-electron chi connectivity index (χ0n) is 17.7. The molecule has 1 aliphatic rings. The topological polar surface area (TPSA) is 26.3 Å². The molecule has 0 spiro atoms.